The lowest BCUT2D eigenvalue weighted by atomic mass is 10.1. The lowest BCUT2D eigenvalue weighted by Gasteiger charge is -2.30. The van der Waals surface area contributed by atoms with E-state index in [0.29, 0.717) is 36.7 Å². The van der Waals surface area contributed by atoms with Crippen molar-refractivity contribution in [3.63, 3.8) is 0 Å². The van der Waals surface area contributed by atoms with Crippen LogP contribution in [0, 0.1) is 0 Å². The number of carbonyl (C=O) groups is 3. The molecule has 25 heavy (non-hydrogen) atoms. The number of esters is 1. The van der Waals surface area contributed by atoms with Crippen molar-refractivity contribution in [1.29, 1.82) is 0 Å². The lowest BCUT2D eigenvalue weighted by molar-refractivity contribution is -0.132. The Morgan fingerprint density at radius 2 is 2.28 bits per heavy atom. The molecule has 1 aromatic rings. The number of amides is 2. The molecule has 1 unspecified atom stereocenters. The minimum absolute atomic E-state index is 0.217. The van der Waals surface area contributed by atoms with Gasteiger partial charge in [0.25, 0.3) is 0 Å². The highest BCUT2D eigenvalue weighted by atomic mass is 32.1. The number of nitrogens with one attached hydrogen (secondary N) is 2. The van der Waals surface area contributed by atoms with Gasteiger partial charge in [0.1, 0.15) is 17.1 Å². The van der Waals surface area contributed by atoms with E-state index in [0.717, 1.165) is 0 Å². The van der Waals surface area contributed by atoms with Crippen LogP contribution in [0.1, 0.15) is 23.7 Å². The van der Waals surface area contributed by atoms with Crippen molar-refractivity contribution >= 4 is 34.1 Å². The molecule has 0 radical (unpaired) electrons. The smallest absolute Gasteiger partial charge is 0.340 e. The van der Waals surface area contributed by atoms with Crippen LogP contribution in [0.5, 0.6) is 0 Å². The second kappa shape index (κ2) is 7.51. The topological polar surface area (TPSA) is 97.0 Å². The van der Waals surface area contributed by atoms with Crippen LogP contribution in [0.3, 0.4) is 0 Å². The van der Waals surface area contributed by atoms with E-state index >= 15 is 0 Å². The summed E-state index contributed by atoms with van der Waals surface area (Å²) >= 11 is 1.30. The minimum Gasteiger partial charge on any atom is -0.465 e. The Morgan fingerprint density at radius 3 is 3.00 bits per heavy atom. The quantitative estimate of drug-likeness (QED) is 0.735. The summed E-state index contributed by atoms with van der Waals surface area (Å²) in [6.45, 7) is 3.44. The van der Waals surface area contributed by atoms with Crippen LogP contribution in [0.2, 0.25) is 0 Å². The lowest BCUT2D eigenvalue weighted by Crippen LogP contribution is -2.57. The van der Waals surface area contributed by atoms with Crippen molar-refractivity contribution in [2.24, 2.45) is 0 Å². The first-order valence-corrected chi connectivity index (χ1v) is 9.03. The maximum atomic E-state index is 12.7. The van der Waals surface area contributed by atoms with Crippen LogP contribution in [-0.4, -0.2) is 62.8 Å². The molecule has 3 rings (SSSR count). The standard InChI is InChI=1S/C16H21N3O5S/c1-9-12(17-5-7-24-9)13(20)18-11-3-6-19(14(11)21)15-10(4-8-25-15)16(22)23-2/h4,8-9,11-12,17H,3,5-7H2,1-2H3,(H,18,20)/t9-,11?,12+/m1/s1. The van der Waals surface area contributed by atoms with Crippen molar-refractivity contribution in [2.75, 3.05) is 31.7 Å². The average Bonchev–Trinajstić information content (AvgIpc) is 3.22. The second-order valence-corrected chi connectivity index (χ2v) is 6.87. The van der Waals surface area contributed by atoms with E-state index in [9.17, 15) is 14.4 Å². The van der Waals surface area contributed by atoms with E-state index in [1.165, 1.54) is 23.3 Å². The van der Waals surface area contributed by atoms with E-state index in [-0.39, 0.29) is 17.9 Å². The molecule has 8 nitrogen and oxygen atoms in total. The molecule has 0 bridgehead atoms. The Morgan fingerprint density at radius 1 is 1.48 bits per heavy atom. The van der Waals surface area contributed by atoms with Crippen molar-refractivity contribution in [3.8, 4) is 0 Å². The number of ether oxygens (including phenoxy) is 2. The largest absolute Gasteiger partial charge is 0.465 e. The summed E-state index contributed by atoms with van der Waals surface area (Å²) in [5.74, 6) is -0.939. The summed E-state index contributed by atoms with van der Waals surface area (Å²) in [4.78, 5) is 38.5. The number of morpholine rings is 1. The monoisotopic (exact) mass is 367 g/mol. The zero-order chi connectivity index (χ0) is 18.0. The third-order valence-corrected chi connectivity index (χ3v) is 5.35. The molecule has 2 aliphatic heterocycles. The number of thiophene rings is 1. The highest BCUT2D eigenvalue weighted by molar-refractivity contribution is 7.14. The van der Waals surface area contributed by atoms with Crippen LogP contribution in [0.4, 0.5) is 5.00 Å². The van der Waals surface area contributed by atoms with Gasteiger partial charge >= 0.3 is 5.97 Å². The number of hydrogen-bond acceptors (Lipinski definition) is 7. The fourth-order valence-electron chi connectivity index (χ4n) is 3.08. The average molecular weight is 367 g/mol. The summed E-state index contributed by atoms with van der Waals surface area (Å²) in [5.41, 5.74) is 0.365. The maximum absolute atomic E-state index is 12.7. The molecule has 136 valence electrons. The van der Waals surface area contributed by atoms with Crippen LogP contribution < -0.4 is 15.5 Å². The molecular weight excluding hydrogens is 346 g/mol. The first-order chi connectivity index (χ1) is 12.0. The Kier molecular flexibility index (Phi) is 5.36. The fraction of sp³-hybridized carbons (Fsp3) is 0.562. The molecule has 0 aliphatic carbocycles. The van der Waals surface area contributed by atoms with Gasteiger partial charge in [0.05, 0.1) is 25.4 Å². The predicted molar refractivity (Wildman–Crippen MR) is 91.8 cm³/mol. The van der Waals surface area contributed by atoms with Crippen molar-refractivity contribution < 1.29 is 23.9 Å². The predicted octanol–water partition coefficient (Wildman–Crippen LogP) is 0.133. The van der Waals surface area contributed by atoms with E-state index in [1.54, 1.807) is 11.4 Å². The molecule has 2 fully saturated rings. The van der Waals surface area contributed by atoms with Gasteiger partial charge in [-0.15, -0.1) is 11.3 Å². The summed E-state index contributed by atoms with van der Waals surface area (Å²) in [7, 11) is 1.30. The number of rotatable bonds is 4. The van der Waals surface area contributed by atoms with Gasteiger partial charge in [0.2, 0.25) is 11.8 Å². The molecular formula is C16H21N3O5S. The number of carbonyl (C=O) groups excluding carboxylic acids is 3. The van der Waals surface area contributed by atoms with Gasteiger partial charge in [-0.3, -0.25) is 9.59 Å². The number of hydrogen-bond donors (Lipinski definition) is 2. The Hall–Kier alpha value is -1.97. The first kappa shape index (κ1) is 17.8. The van der Waals surface area contributed by atoms with E-state index in [4.69, 9.17) is 9.47 Å². The van der Waals surface area contributed by atoms with Crippen LogP contribution in [0.25, 0.3) is 0 Å². The molecule has 3 atom stereocenters. The Bertz CT molecular complexity index is 676. The molecule has 2 saturated heterocycles. The molecule has 0 saturated carbocycles. The molecule has 3 heterocycles. The Labute approximate surface area is 149 Å². The third kappa shape index (κ3) is 3.53. The number of anilines is 1. The van der Waals surface area contributed by atoms with Gasteiger partial charge in [0, 0.05) is 13.1 Å². The highest BCUT2D eigenvalue weighted by Crippen LogP contribution is 2.31. The number of nitrogens with zero attached hydrogens (tertiary/aromatic N) is 1. The molecule has 2 amide bonds. The molecule has 0 aromatic carbocycles. The first-order valence-electron chi connectivity index (χ1n) is 8.15. The summed E-state index contributed by atoms with van der Waals surface area (Å²) < 4.78 is 10.2. The minimum atomic E-state index is -0.601. The van der Waals surface area contributed by atoms with E-state index in [1.807, 2.05) is 6.92 Å². The third-order valence-electron chi connectivity index (χ3n) is 4.42. The number of methoxy groups -OCH3 is 1. The highest BCUT2D eigenvalue weighted by Gasteiger charge is 2.38. The molecule has 0 spiro atoms. The summed E-state index contributed by atoms with van der Waals surface area (Å²) in [6.07, 6.45) is 0.245. The van der Waals surface area contributed by atoms with Crippen molar-refractivity contribution in [2.45, 2.75) is 31.5 Å². The SMILES string of the molecule is COC(=O)c1ccsc1N1CCC(NC(=O)[C@H]2NCCO[C@@H]2C)C1=O. The normalized spacial score (nSPS) is 26.6. The molecule has 1 aromatic heterocycles. The molecule has 9 heteroatoms. The van der Waals surface area contributed by atoms with Crippen molar-refractivity contribution in [3.05, 3.63) is 17.0 Å². The van der Waals surface area contributed by atoms with Gasteiger partial charge < -0.3 is 25.0 Å². The van der Waals surface area contributed by atoms with Gasteiger partial charge in [-0.2, -0.15) is 0 Å². The Balaban J connectivity index is 1.67. The summed E-state index contributed by atoms with van der Waals surface area (Å²) in [5, 5.41) is 8.20. The summed E-state index contributed by atoms with van der Waals surface area (Å²) in [6, 6.07) is 0.565. The molecule has 2 aliphatic rings. The maximum Gasteiger partial charge on any atom is 0.340 e. The van der Waals surface area contributed by atoms with Gasteiger partial charge in [-0.25, -0.2) is 4.79 Å². The zero-order valence-electron chi connectivity index (χ0n) is 14.1. The zero-order valence-corrected chi connectivity index (χ0v) is 14.9. The second-order valence-electron chi connectivity index (χ2n) is 5.98. The van der Waals surface area contributed by atoms with Gasteiger partial charge in [0.15, 0.2) is 0 Å². The van der Waals surface area contributed by atoms with E-state index < -0.39 is 18.1 Å². The van der Waals surface area contributed by atoms with Crippen LogP contribution >= 0.6 is 11.3 Å². The van der Waals surface area contributed by atoms with Crippen LogP contribution in [0.15, 0.2) is 11.4 Å². The van der Waals surface area contributed by atoms with Crippen molar-refractivity contribution in [1.82, 2.24) is 10.6 Å². The molecule has 2 N–H and O–H groups in total. The fourth-order valence-corrected chi connectivity index (χ4v) is 4.00. The van der Waals surface area contributed by atoms with Gasteiger partial charge in [-0.05, 0) is 24.8 Å². The van der Waals surface area contributed by atoms with E-state index in [2.05, 4.69) is 10.6 Å². The van der Waals surface area contributed by atoms with Gasteiger partial charge in [-0.1, -0.05) is 0 Å². The van der Waals surface area contributed by atoms with Crippen LogP contribution in [-0.2, 0) is 19.1 Å².